The van der Waals surface area contributed by atoms with Gasteiger partial charge in [-0.3, -0.25) is 4.99 Å². The molecule has 12 heteroatoms. The lowest BCUT2D eigenvalue weighted by Crippen LogP contribution is -2.37. The van der Waals surface area contributed by atoms with Crippen molar-refractivity contribution in [2.45, 2.75) is 19.9 Å². The Morgan fingerprint density at radius 1 is 1.41 bits per heavy atom. The maximum Gasteiger partial charge on any atom is 0.202 e. The maximum atomic E-state index is 13.3. The van der Waals surface area contributed by atoms with Gasteiger partial charge in [-0.25, -0.2) is 9.02 Å². The highest BCUT2D eigenvalue weighted by atomic mass is 127. The van der Waals surface area contributed by atoms with E-state index < -0.39 is 5.82 Å². The molecule has 2 radical (unpaired) electrons. The van der Waals surface area contributed by atoms with E-state index in [9.17, 15) is 4.39 Å². The van der Waals surface area contributed by atoms with Crippen LogP contribution < -0.4 is 27.1 Å². The standard InChI is InChI=1S/C15H19BFIN8O/c1-8(2)22-15(19)21-6-5-20-13-12(25-27-26-13)14(24-18)23-9-3-4-11(17)10(16)7-9/h3-4,7-8H,5-6H2,1-2H3,(H,20,26)(H,23,24)(H3,19,21,22). The molecule has 9 nitrogen and oxygen atoms in total. The number of halogens is 2. The molecule has 0 atom stereocenters. The quantitative estimate of drug-likeness (QED) is 0.152. The van der Waals surface area contributed by atoms with Crippen molar-refractivity contribution >= 4 is 59.5 Å². The Labute approximate surface area is 171 Å². The van der Waals surface area contributed by atoms with Crippen LogP contribution >= 0.6 is 22.9 Å². The van der Waals surface area contributed by atoms with E-state index in [-0.39, 0.29) is 11.5 Å². The molecule has 2 aromatic rings. The smallest absolute Gasteiger partial charge is 0.202 e. The van der Waals surface area contributed by atoms with Crippen molar-refractivity contribution in [2.75, 3.05) is 23.7 Å². The van der Waals surface area contributed by atoms with Gasteiger partial charge in [0, 0.05) is 18.3 Å². The number of guanidine groups is 1. The van der Waals surface area contributed by atoms with Crippen LogP contribution in [-0.4, -0.2) is 49.1 Å². The molecular weight excluding hydrogens is 465 g/mol. The van der Waals surface area contributed by atoms with Gasteiger partial charge in [0.1, 0.15) is 13.7 Å². The Morgan fingerprint density at radius 2 is 2.19 bits per heavy atom. The third-order valence-corrected chi connectivity index (χ3v) is 3.66. The van der Waals surface area contributed by atoms with Crippen LogP contribution in [0.5, 0.6) is 0 Å². The summed E-state index contributed by atoms with van der Waals surface area (Å²) in [6, 6.07) is 4.46. The molecule has 1 aromatic heterocycles. The van der Waals surface area contributed by atoms with Crippen LogP contribution in [-0.2, 0) is 0 Å². The molecule has 0 saturated carbocycles. The Bertz CT molecular complexity index is 826. The van der Waals surface area contributed by atoms with E-state index in [4.69, 9.17) is 18.2 Å². The molecule has 0 spiro atoms. The summed E-state index contributed by atoms with van der Waals surface area (Å²) in [6.07, 6.45) is 0. The normalized spacial score (nSPS) is 12.3. The fourth-order valence-electron chi connectivity index (χ4n) is 2.03. The number of aliphatic imine (C=N–C) groups is 1. The molecule has 5 N–H and O–H groups in total. The fraction of sp³-hybridized carbons (Fsp3) is 0.333. The second-order valence-corrected chi connectivity index (χ2v) is 6.23. The summed E-state index contributed by atoms with van der Waals surface area (Å²) in [7, 11) is 5.58. The van der Waals surface area contributed by atoms with Crippen molar-refractivity contribution in [2.24, 2.45) is 13.9 Å². The first kappa shape index (κ1) is 20.9. The van der Waals surface area contributed by atoms with E-state index in [2.05, 4.69) is 34.5 Å². The highest BCUT2D eigenvalue weighted by molar-refractivity contribution is 14.1. The van der Waals surface area contributed by atoms with Gasteiger partial charge in [0.05, 0.1) is 29.4 Å². The summed E-state index contributed by atoms with van der Waals surface area (Å²) in [5.41, 5.74) is 6.68. The highest BCUT2D eigenvalue weighted by Gasteiger charge is 2.16. The van der Waals surface area contributed by atoms with Gasteiger partial charge in [-0.2, -0.15) is 3.21 Å². The molecule has 0 aliphatic rings. The van der Waals surface area contributed by atoms with Gasteiger partial charge < -0.3 is 21.7 Å². The van der Waals surface area contributed by atoms with Gasteiger partial charge in [0.25, 0.3) is 0 Å². The minimum atomic E-state index is -0.495. The second-order valence-electron chi connectivity index (χ2n) is 5.75. The third kappa shape index (κ3) is 6.38. The molecule has 1 aromatic carbocycles. The maximum absolute atomic E-state index is 13.3. The highest BCUT2D eigenvalue weighted by Crippen LogP contribution is 2.15. The monoisotopic (exact) mass is 484 g/mol. The molecule has 0 saturated heterocycles. The van der Waals surface area contributed by atoms with Crippen molar-refractivity contribution < 1.29 is 9.02 Å². The summed E-state index contributed by atoms with van der Waals surface area (Å²) in [4.78, 5) is 4.19. The average molecular weight is 484 g/mol. The number of benzene rings is 1. The molecular formula is C15H19BFIN8O. The summed E-state index contributed by atoms with van der Waals surface area (Å²) in [6.45, 7) is 4.83. The van der Waals surface area contributed by atoms with Crippen molar-refractivity contribution in [3.63, 3.8) is 0 Å². The molecule has 0 bridgehead atoms. The van der Waals surface area contributed by atoms with Gasteiger partial charge in [0.2, 0.25) is 5.82 Å². The molecule has 27 heavy (non-hydrogen) atoms. The van der Waals surface area contributed by atoms with Crippen LogP contribution in [0.3, 0.4) is 0 Å². The molecule has 142 valence electrons. The minimum absolute atomic E-state index is 0.0230. The predicted octanol–water partition coefficient (Wildman–Crippen LogP) is 0.936. The number of hydrogen-bond acceptors (Lipinski definition) is 6. The summed E-state index contributed by atoms with van der Waals surface area (Å²) in [5, 5.41) is 16.7. The van der Waals surface area contributed by atoms with Crippen molar-refractivity contribution in [3.8, 4) is 0 Å². The number of hydrogen-bond donors (Lipinski definition) is 4. The Hall–Kier alpha value is -2.38. The number of aromatic nitrogens is 2. The zero-order chi connectivity index (χ0) is 19.8. The average Bonchev–Trinajstić information content (AvgIpc) is 3.07. The van der Waals surface area contributed by atoms with Crippen LogP contribution in [0.25, 0.3) is 0 Å². The lowest BCUT2D eigenvalue weighted by Gasteiger charge is -2.10. The molecule has 0 fully saturated rings. The molecule has 2 rings (SSSR count). The second kappa shape index (κ2) is 10.1. The van der Waals surface area contributed by atoms with Crippen LogP contribution in [0, 0.1) is 5.82 Å². The largest absolute Gasteiger partial charge is 0.370 e. The van der Waals surface area contributed by atoms with Gasteiger partial charge in [-0.1, -0.05) is 5.46 Å². The molecule has 0 aliphatic heterocycles. The van der Waals surface area contributed by atoms with Gasteiger partial charge >= 0.3 is 0 Å². The molecule has 0 aliphatic carbocycles. The molecule has 0 unspecified atom stereocenters. The number of amidine groups is 1. The Kier molecular flexibility index (Phi) is 7.82. The van der Waals surface area contributed by atoms with E-state index in [0.717, 1.165) is 0 Å². The SMILES string of the molecule is [B]c1cc(NC(=NI)c2nonc2NCCN=C(N)NC(C)C)ccc1F. The first-order valence-corrected chi connectivity index (χ1v) is 9.01. The lowest BCUT2D eigenvalue weighted by molar-refractivity contribution is 0.308. The van der Waals surface area contributed by atoms with E-state index in [1.807, 2.05) is 36.7 Å². The Morgan fingerprint density at radius 3 is 2.85 bits per heavy atom. The van der Waals surface area contributed by atoms with E-state index in [1.165, 1.54) is 18.2 Å². The number of rotatable bonds is 7. The first-order chi connectivity index (χ1) is 12.9. The van der Waals surface area contributed by atoms with Crippen LogP contribution in [0.2, 0.25) is 0 Å². The number of nitrogens with one attached hydrogen (secondary N) is 3. The number of anilines is 2. The van der Waals surface area contributed by atoms with Crippen LogP contribution in [0.15, 0.2) is 31.0 Å². The third-order valence-electron chi connectivity index (χ3n) is 3.18. The van der Waals surface area contributed by atoms with Gasteiger partial charge in [-0.15, -0.1) is 0 Å². The number of nitrogens with two attached hydrogens (primary N) is 1. The van der Waals surface area contributed by atoms with E-state index in [1.54, 1.807) is 0 Å². The zero-order valence-corrected chi connectivity index (χ0v) is 17.0. The van der Waals surface area contributed by atoms with E-state index >= 15 is 0 Å². The molecule has 0 amide bonds. The Balaban J connectivity index is 2.00. The fourth-order valence-corrected chi connectivity index (χ4v) is 2.38. The van der Waals surface area contributed by atoms with Crippen molar-refractivity contribution in [1.82, 2.24) is 15.6 Å². The van der Waals surface area contributed by atoms with Crippen molar-refractivity contribution in [3.05, 3.63) is 29.7 Å². The van der Waals surface area contributed by atoms with Gasteiger partial charge in [-0.05, 0) is 42.4 Å². The number of nitrogens with zero attached hydrogens (tertiary/aromatic N) is 4. The topological polar surface area (TPSA) is 126 Å². The van der Waals surface area contributed by atoms with Crippen molar-refractivity contribution in [1.29, 1.82) is 0 Å². The van der Waals surface area contributed by atoms with Crippen LogP contribution in [0.4, 0.5) is 15.9 Å². The van der Waals surface area contributed by atoms with E-state index in [0.29, 0.717) is 42.1 Å². The molecule has 1 heterocycles. The minimum Gasteiger partial charge on any atom is -0.370 e. The van der Waals surface area contributed by atoms with Crippen LogP contribution in [0.1, 0.15) is 19.5 Å². The van der Waals surface area contributed by atoms with Gasteiger partial charge in [0.15, 0.2) is 17.5 Å². The first-order valence-electron chi connectivity index (χ1n) is 8.05. The lowest BCUT2D eigenvalue weighted by atomic mass is 9.95. The summed E-state index contributed by atoms with van der Waals surface area (Å²) in [5.74, 6) is 0.634. The zero-order valence-electron chi connectivity index (χ0n) is 14.8. The summed E-state index contributed by atoms with van der Waals surface area (Å²) < 4.78 is 22.2. The predicted molar refractivity (Wildman–Crippen MR) is 114 cm³/mol. The summed E-state index contributed by atoms with van der Waals surface area (Å²) >= 11 is 1.81.